The zero-order valence-electron chi connectivity index (χ0n) is 24.3. The van der Waals surface area contributed by atoms with Crippen molar-refractivity contribution in [3.8, 4) is 11.5 Å². The summed E-state index contributed by atoms with van der Waals surface area (Å²) in [6.07, 6.45) is 2.04. The van der Waals surface area contributed by atoms with Crippen molar-refractivity contribution in [2.24, 2.45) is 0 Å². The van der Waals surface area contributed by atoms with E-state index in [1.807, 2.05) is 68.4 Å². The van der Waals surface area contributed by atoms with E-state index in [4.69, 9.17) is 9.47 Å². The highest BCUT2D eigenvalue weighted by Gasteiger charge is 2.33. The monoisotopic (exact) mass is 581 g/mol. The van der Waals surface area contributed by atoms with Crippen molar-refractivity contribution < 1.29 is 27.5 Å². The Hall–Kier alpha value is -4.05. The minimum Gasteiger partial charge on any atom is -0.493 e. The molecule has 3 aromatic carbocycles. The number of methoxy groups -OCH3 is 2. The van der Waals surface area contributed by atoms with Gasteiger partial charge in [0.2, 0.25) is 21.8 Å². The van der Waals surface area contributed by atoms with Gasteiger partial charge in [-0.15, -0.1) is 0 Å². The highest BCUT2D eigenvalue weighted by Crippen LogP contribution is 2.32. The minimum atomic E-state index is -3.90. The zero-order valence-corrected chi connectivity index (χ0v) is 25.1. The van der Waals surface area contributed by atoms with E-state index in [-0.39, 0.29) is 24.6 Å². The van der Waals surface area contributed by atoms with Gasteiger partial charge in [-0.2, -0.15) is 0 Å². The lowest BCUT2D eigenvalue weighted by molar-refractivity contribution is -0.140. The number of carbonyl (C=O) groups is 2. The molecular formula is C31H39N3O6S. The number of aryl methyl sites for hydroxylation is 1. The van der Waals surface area contributed by atoms with Crippen molar-refractivity contribution >= 4 is 27.5 Å². The molecule has 0 bridgehead atoms. The molecule has 0 saturated heterocycles. The summed E-state index contributed by atoms with van der Waals surface area (Å²) < 4.78 is 37.6. The molecule has 10 heteroatoms. The summed E-state index contributed by atoms with van der Waals surface area (Å²) in [4.78, 5) is 29.1. The molecule has 41 heavy (non-hydrogen) atoms. The number of hydrogen-bond donors (Lipinski definition) is 1. The highest BCUT2D eigenvalue weighted by molar-refractivity contribution is 7.92. The Morgan fingerprint density at radius 2 is 1.56 bits per heavy atom. The summed E-state index contributed by atoms with van der Waals surface area (Å²) in [6.45, 7) is 4.00. The van der Waals surface area contributed by atoms with Gasteiger partial charge in [0, 0.05) is 25.6 Å². The lowest BCUT2D eigenvalue weighted by Crippen LogP contribution is -2.53. The van der Waals surface area contributed by atoms with E-state index in [9.17, 15) is 18.0 Å². The average Bonchev–Trinajstić information content (AvgIpc) is 2.96. The van der Waals surface area contributed by atoms with E-state index in [0.29, 0.717) is 18.0 Å². The summed E-state index contributed by atoms with van der Waals surface area (Å²) in [6, 6.07) is 20.9. The van der Waals surface area contributed by atoms with Crippen molar-refractivity contribution in [3.63, 3.8) is 0 Å². The van der Waals surface area contributed by atoms with Crippen LogP contribution in [0.1, 0.15) is 30.0 Å². The molecule has 0 heterocycles. The molecule has 1 atom stereocenters. The Morgan fingerprint density at radius 1 is 0.902 bits per heavy atom. The first-order chi connectivity index (χ1) is 19.6. The maximum atomic E-state index is 14.1. The Kier molecular flexibility index (Phi) is 11.2. The van der Waals surface area contributed by atoms with Crippen LogP contribution in [0, 0.1) is 6.92 Å². The standard InChI is InChI=1S/C31H39N3O6S/c1-6-18-32-31(36)27(19-24-10-8-7-9-11-24)33(21-25-14-12-23(2)13-15-25)30(35)22-34(41(5,37)38)26-16-17-28(39-3)29(20-26)40-4/h7-17,20,27H,6,18-19,21-22H2,1-5H3,(H,32,36)/t27-/m1/s1. The third-order valence-corrected chi connectivity index (χ3v) is 7.77. The first kappa shape index (κ1) is 31.5. The topological polar surface area (TPSA) is 105 Å². The smallest absolute Gasteiger partial charge is 0.244 e. The number of hydrogen-bond acceptors (Lipinski definition) is 6. The summed E-state index contributed by atoms with van der Waals surface area (Å²) in [5.74, 6) is -0.0670. The van der Waals surface area contributed by atoms with Crippen molar-refractivity contribution in [1.29, 1.82) is 0 Å². The van der Waals surface area contributed by atoms with Crippen molar-refractivity contribution in [3.05, 3.63) is 89.5 Å². The number of nitrogens with one attached hydrogen (secondary N) is 1. The quantitative estimate of drug-likeness (QED) is 0.309. The Morgan fingerprint density at radius 3 is 2.15 bits per heavy atom. The van der Waals surface area contributed by atoms with Crippen LogP contribution in [-0.2, 0) is 32.6 Å². The molecular weight excluding hydrogens is 542 g/mol. The van der Waals surface area contributed by atoms with E-state index in [0.717, 1.165) is 33.7 Å². The second-order valence-corrected chi connectivity index (χ2v) is 11.7. The van der Waals surface area contributed by atoms with Gasteiger partial charge < -0.3 is 19.7 Å². The second-order valence-electron chi connectivity index (χ2n) is 9.81. The van der Waals surface area contributed by atoms with Crippen molar-refractivity contribution in [1.82, 2.24) is 10.2 Å². The number of rotatable bonds is 14. The number of anilines is 1. The lowest BCUT2D eigenvalue weighted by atomic mass is 10.0. The fraction of sp³-hybridized carbons (Fsp3) is 0.355. The van der Waals surface area contributed by atoms with Crippen LogP contribution in [0.5, 0.6) is 11.5 Å². The third kappa shape index (κ3) is 8.72. The molecule has 2 amide bonds. The number of nitrogens with zero attached hydrogens (tertiary/aromatic N) is 2. The van der Waals surface area contributed by atoms with Crippen molar-refractivity contribution in [2.45, 2.75) is 39.3 Å². The van der Waals surface area contributed by atoms with E-state index in [1.165, 1.54) is 25.2 Å². The predicted octanol–water partition coefficient (Wildman–Crippen LogP) is 3.94. The van der Waals surface area contributed by atoms with Gasteiger partial charge in [-0.3, -0.25) is 13.9 Å². The van der Waals surface area contributed by atoms with Crippen LogP contribution in [0.3, 0.4) is 0 Å². The Bertz CT molecular complexity index is 1410. The molecule has 3 aromatic rings. The van der Waals surface area contributed by atoms with E-state index >= 15 is 0 Å². The van der Waals surface area contributed by atoms with Gasteiger partial charge in [0.15, 0.2) is 11.5 Å². The molecule has 0 saturated carbocycles. The molecule has 3 rings (SSSR count). The van der Waals surface area contributed by atoms with Crippen molar-refractivity contribution in [2.75, 3.05) is 37.9 Å². The highest BCUT2D eigenvalue weighted by atomic mass is 32.2. The van der Waals surface area contributed by atoms with Crippen LogP contribution in [0.4, 0.5) is 5.69 Å². The molecule has 0 aliphatic carbocycles. The Labute approximate surface area is 243 Å². The first-order valence-corrected chi connectivity index (χ1v) is 15.3. The molecule has 0 unspecified atom stereocenters. The molecule has 0 radical (unpaired) electrons. The largest absolute Gasteiger partial charge is 0.493 e. The van der Waals surface area contributed by atoms with Gasteiger partial charge in [-0.05, 0) is 36.6 Å². The van der Waals surface area contributed by atoms with Crippen LogP contribution >= 0.6 is 0 Å². The van der Waals surface area contributed by atoms with Gasteiger partial charge in [-0.1, -0.05) is 67.1 Å². The van der Waals surface area contributed by atoms with E-state index < -0.39 is 28.5 Å². The van der Waals surface area contributed by atoms with E-state index in [2.05, 4.69) is 5.32 Å². The SMILES string of the molecule is CCCNC(=O)[C@@H](Cc1ccccc1)N(Cc1ccc(C)cc1)C(=O)CN(c1ccc(OC)c(OC)c1)S(C)(=O)=O. The van der Waals surface area contributed by atoms with E-state index in [1.54, 1.807) is 12.1 Å². The van der Waals surface area contributed by atoms with Crippen LogP contribution in [-0.4, -0.2) is 64.7 Å². The maximum absolute atomic E-state index is 14.1. The predicted molar refractivity (Wildman–Crippen MR) is 161 cm³/mol. The van der Waals surface area contributed by atoms with Crippen LogP contribution in [0.25, 0.3) is 0 Å². The normalized spacial score (nSPS) is 11.8. The summed E-state index contributed by atoms with van der Waals surface area (Å²) in [5, 5.41) is 2.93. The summed E-state index contributed by atoms with van der Waals surface area (Å²) in [7, 11) is -0.970. The molecule has 9 nitrogen and oxygen atoms in total. The molecule has 1 N–H and O–H groups in total. The molecule has 0 fully saturated rings. The fourth-order valence-electron chi connectivity index (χ4n) is 4.40. The Balaban J connectivity index is 2.05. The molecule has 220 valence electrons. The number of amides is 2. The molecule has 0 aliphatic heterocycles. The van der Waals surface area contributed by atoms with Gasteiger partial charge in [0.25, 0.3) is 0 Å². The summed E-state index contributed by atoms with van der Waals surface area (Å²) >= 11 is 0. The zero-order chi connectivity index (χ0) is 30.0. The maximum Gasteiger partial charge on any atom is 0.244 e. The van der Waals surface area contributed by atoms with Gasteiger partial charge in [0.05, 0.1) is 26.2 Å². The third-order valence-electron chi connectivity index (χ3n) is 6.63. The lowest BCUT2D eigenvalue weighted by Gasteiger charge is -2.33. The average molecular weight is 582 g/mol. The van der Waals surface area contributed by atoms with Crippen LogP contribution in [0.15, 0.2) is 72.8 Å². The van der Waals surface area contributed by atoms with Gasteiger partial charge >= 0.3 is 0 Å². The van der Waals surface area contributed by atoms with Crippen LogP contribution in [0.2, 0.25) is 0 Å². The number of benzene rings is 3. The molecule has 0 aliphatic rings. The fourth-order valence-corrected chi connectivity index (χ4v) is 5.25. The number of ether oxygens (including phenoxy) is 2. The minimum absolute atomic E-state index is 0.125. The summed E-state index contributed by atoms with van der Waals surface area (Å²) in [5.41, 5.74) is 3.00. The number of carbonyl (C=O) groups excluding carboxylic acids is 2. The van der Waals surface area contributed by atoms with Gasteiger partial charge in [-0.25, -0.2) is 8.42 Å². The molecule has 0 aromatic heterocycles. The van der Waals surface area contributed by atoms with Crippen LogP contribution < -0.4 is 19.1 Å². The second kappa shape index (κ2) is 14.5. The first-order valence-electron chi connectivity index (χ1n) is 13.4. The molecule has 0 spiro atoms. The number of sulfonamides is 1. The van der Waals surface area contributed by atoms with Gasteiger partial charge in [0.1, 0.15) is 12.6 Å².